The second kappa shape index (κ2) is 9.12. The molecule has 6 nitrogen and oxygen atoms in total. The number of nitrogens with zero attached hydrogens (tertiary/aromatic N) is 3. The third-order valence-corrected chi connectivity index (χ3v) is 5.98. The zero-order valence-corrected chi connectivity index (χ0v) is 18.9. The Labute approximate surface area is 187 Å². The summed E-state index contributed by atoms with van der Waals surface area (Å²) >= 11 is 6.24. The molecule has 1 aromatic heterocycles. The highest BCUT2D eigenvalue weighted by atomic mass is 35.5. The number of piperazine rings is 1. The van der Waals surface area contributed by atoms with Gasteiger partial charge in [0.2, 0.25) is 5.89 Å². The molecule has 1 aliphatic rings. The Morgan fingerprint density at radius 3 is 2.55 bits per heavy atom. The van der Waals surface area contributed by atoms with Crippen LogP contribution in [0.5, 0.6) is 0 Å². The van der Waals surface area contributed by atoms with Crippen molar-refractivity contribution >= 4 is 23.3 Å². The van der Waals surface area contributed by atoms with Crippen LogP contribution < -0.4 is 5.32 Å². The Hall–Kier alpha value is -2.83. The average Bonchev–Trinajstić information content (AvgIpc) is 3.11. The molecule has 0 radical (unpaired) electrons. The number of aromatic nitrogens is 1. The number of carbonyl (C=O) groups excluding carboxylic acids is 1. The third-order valence-electron chi connectivity index (χ3n) is 5.67. The van der Waals surface area contributed by atoms with Crippen LogP contribution in [0.1, 0.15) is 22.6 Å². The first kappa shape index (κ1) is 21.4. The number of nitrogens with one attached hydrogen (secondary N) is 1. The summed E-state index contributed by atoms with van der Waals surface area (Å²) in [6, 6.07) is 13.6. The van der Waals surface area contributed by atoms with E-state index in [9.17, 15) is 4.79 Å². The summed E-state index contributed by atoms with van der Waals surface area (Å²) in [6.07, 6.45) is 0. The summed E-state index contributed by atoms with van der Waals surface area (Å²) in [5.41, 5.74) is 4.81. The van der Waals surface area contributed by atoms with Gasteiger partial charge in [-0.25, -0.2) is 9.78 Å². The molecule has 4 rings (SSSR count). The Bertz CT molecular complexity index is 1090. The van der Waals surface area contributed by atoms with Crippen LogP contribution in [0.25, 0.3) is 11.5 Å². The first-order valence-corrected chi connectivity index (χ1v) is 10.9. The minimum absolute atomic E-state index is 0.121. The molecule has 2 heterocycles. The van der Waals surface area contributed by atoms with Gasteiger partial charge >= 0.3 is 6.03 Å². The molecule has 2 amide bonds. The number of hydrogen-bond donors (Lipinski definition) is 1. The summed E-state index contributed by atoms with van der Waals surface area (Å²) < 4.78 is 5.94. The molecule has 1 N–H and O–H groups in total. The van der Waals surface area contributed by atoms with E-state index in [4.69, 9.17) is 21.0 Å². The van der Waals surface area contributed by atoms with E-state index >= 15 is 0 Å². The lowest BCUT2D eigenvalue weighted by Crippen LogP contribution is -2.49. The van der Waals surface area contributed by atoms with Crippen molar-refractivity contribution < 1.29 is 9.21 Å². The first-order chi connectivity index (χ1) is 14.9. The average molecular weight is 439 g/mol. The summed E-state index contributed by atoms with van der Waals surface area (Å²) in [7, 11) is 0. The van der Waals surface area contributed by atoms with E-state index in [1.54, 1.807) is 0 Å². The lowest BCUT2D eigenvalue weighted by Gasteiger charge is -2.34. The number of amides is 2. The molecule has 1 fully saturated rings. The summed E-state index contributed by atoms with van der Waals surface area (Å²) in [5.74, 6) is 1.51. The van der Waals surface area contributed by atoms with Gasteiger partial charge in [0.1, 0.15) is 5.76 Å². The number of rotatable bonds is 4. The quantitative estimate of drug-likeness (QED) is 0.602. The lowest BCUT2D eigenvalue weighted by molar-refractivity contribution is 0.141. The van der Waals surface area contributed by atoms with Crippen molar-refractivity contribution in [3.05, 3.63) is 70.1 Å². The van der Waals surface area contributed by atoms with Crippen LogP contribution in [0.4, 0.5) is 10.5 Å². The topological polar surface area (TPSA) is 61.6 Å². The normalized spacial score (nSPS) is 14.6. The number of carbonyl (C=O) groups is 1. The molecule has 3 aromatic rings. The monoisotopic (exact) mass is 438 g/mol. The SMILES string of the molecule is Cc1ccc(NC(=O)N2CCN(Cc3nc(-c4ccccc4C)oc3C)CC2)c(Cl)c1. The summed E-state index contributed by atoms with van der Waals surface area (Å²) in [6.45, 7) is 9.55. The minimum Gasteiger partial charge on any atom is -0.441 e. The van der Waals surface area contributed by atoms with Gasteiger partial charge in [-0.3, -0.25) is 4.90 Å². The lowest BCUT2D eigenvalue weighted by atomic mass is 10.1. The molecule has 0 bridgehead atoms. The maximum absolute atomic E-state index is 12.6. The van der Waals surface area contributed by atoms with Crippen LogP contribution in [0.3, 0.4) is 0 Å². The second-order valence-electron chi connectivity index (χ2n) is 8.01. The van der Waals surface area contributed by atoms with Gasteiger partial charge in [-0.15, -0.1) is 0 Å². The van der Waals surface area contributed by atoms with E-state index in [1.807, 2.05) is 55.1 Å². The maximum atomic E-state index is 12.6. The van der Waals surface area contributed by atoms with Crippen molar-refractivity contribution in [1.29, 1.82) is 0 Å². The molecule has 1 saturated heterocycles. The molecule has 0 aliphatic carbocycles. The van der Waals surface area contributed by atoms with Gasteiger partial charge in [0.05, 0.1) is 16.4 Å². The molecule has 2 aromatic carbocycles. The molecule has 0 saturated carbocycles. The Morgan fingerprint density at radius 1 is 1.10 bits per heavy atom. The van der Waals surface area contributed by atoms with Crippen molar-refractivity contribution in [2.75, 3.05) is 31.5 Å². The van der Waals surface area contributed by atoms with Crippen LogP contribution in [-0.2, 0) is 6.54 Å². The summed E-state index contributed by atoms with van der Waals surface area (Å²) in [4.78, 5) is 21.5. The van der Waals surface area contributed by atoms with E-state index < -0.39 is 0 Å². The molecular weight excluding hydrogens is 412 g/mol. The molecule has 1 aliphatic heterocycles. The van der Waals surface area contributed by atoms with Crippen LogP contribution >= 0.6 is 11.6 Å². The van der Waals surface area contributed by atoms with Gasteiger partial charge in [-0.2, -0.15) is 0 Å². The zero-order valence-electron chi connectivity index (χ0n) is 18.1. The smallest absolute Gasteiger partial charge is 0.321 e. The largest absolute Gasteiger partial charge is 0.441 e. The van der Waals surface area contributed by atoms with Crippen molar-refractivity contribution in [1.82, 2.24) is 14.8 Å². The molecule has 31 heavy (non-hydrogen) atoms. The fourth-order valence-corrected chi connectivity index (χ4v) is 4.02. The standard InChI is InChI=1S/C24H27ClN4O2/c1-16-8-9-21(20(25)14-16)27-24(30)29-12-10-28(11-13-29)15-22-18(3)31-23(26-22)19-7-5-4-6-17(19)2/h4-9,14H,10-13,15H2,1-3H3,(H,27,30). The zero-order chi connectivity index (χ0) is 22.0. The highest BCUT2D eigenvalue weighted by Crippen LogP contribution is 2.26. The first-order valence-electron chi connectivity index (χ1n) is 10.5. The highest BCUT2D eigenvalue weighted by Gasteiger charge is 2.23. The number of hydrogen-bond acceptors (Lipinski definition) is 4. The van der Waals surface area contributed by atoms with E-state index in [0.717, 1.165) is 41.2 Å². The number of anilines is 1. The molecule has 0 spiro atoms. The Morgan fingerprint density at radius 2 is 1.84 bits per heavy atom. The summed E-state index contributed by atoms with van der Waals surface area (Å²) in [5, 5.41) is 3.47. The van der Waals surface area contributed by atoms with Crippen molar-refractivity contribution in [3.8, 4) is 11.5 Å². The number of oxazole rings is 1. The number of halogens is 1. The van der Waals surface area contributed by atoms with Gasteiger partial charge in [0, 0.05) is 38.3 Å². The predicted molar refractivity (Wildman–Crippen MR) is 123 cm³/mol. The van der Waals surface area contributed by atoms with Gasteiger partial charge in [0.25, 0.3) is 0 Å². The predicted octanol–water partition coefficient (Wildman–Crippen LogP) is 5.27. The van der Waals surface area contributed by atoms with E-state index in [0.29, 0.717) is 36.2 Å². The van der Waals surface area contributed by atoms with Crippen LogP contribution in [0.2, 0.25) is 5.02 Å². The van der Waals surface area contributed by atoms with Gasteiger partial charge in [-0.05, 0) is 50.1 Å². The Balaban J connectivity index is 1.34. The molecule has 0 unspecified atom stereocenters. The van der Waals surface area contributed by atoms with E-state index in [-0.39, 0.29) is 6.03 Å². The number of benzene rings is 2. The highest BCUT2D eigenvalue weighted by molar-refractivity contribution is 6.33. The fraction of sp³-hybridized carbons (Fsp3) is 0.333. The van der Waals surface area contributed by atoms with Crippen molar-refractivity contribution in [2.24, 2.45) is 0 Å². The molecule has 7 heteroatoms. The minimum atomic E-state index is -0.121. The maximum Gasteiger partial charge on any atom is 0.321 e. The third kappa shape index (κ3) is 4.92. The van der Waals surface area contributed by atoms with Gasteiger partial charge < -0.3 is 14.6 Å². The van der Waals surface area contributed by atoms with Crippen molar-refractivity contribution in [3.63, 3.8) is 0 Å². The van der Waals surface area contributed by atoms with E-state index in [2.05, 4.69) is 23.2 Å². The van der Waals surface area contributed by atoms with E-state index in [1.165, 1.54) is 0 Å². The van der Waals surface area contributed by atoms with Crippen LogP contribution in [0, 0.1) is 20.8 Å². The molecule has 0 atom stereocenters. The molecule has 162 valence electrons. The van der Waals surface area contributed by atoms with Gasteiger partial charge in [0.15, 0.2) is 0 Å². The van der Waals surface area contributed by atoms with Crippen molar-refractivity contribution in [2.45, 2.75) is 27.3 Å². The van der Waals surface area contributed by atoms with Crippen LogP contribution in [-0.4, -0.2) is 47.0 Å². The Kier molecular flexibility index (Phi) is 6.30. The van der Waals surface area contributed by atoms with Crippen LogP contribution in [0.15, 0.2) is 46.9 Å². The van der Waals surface area contributed by atoms with Gasteiger partial charge in [-0.1, -0.05) is 35.9 Å². The number of aryl methyl sites for hydroxylation is 3. The fourth-order valence-electron chi connectivity index (χ4n) is 3.74. The second-order valence-corrected chi connectivity index (χ2v) is 8.42. The number of urea groups is 1. The molecular formula is C24H27ClN4O2.